The van der Waals surface area contributed by atoms with Gasteiger partial charge in [0.15, 0.2) is 0 Å². The summed E-state index contributed by atoms with van der Waals surface area (Å²) in [4.78, 5) is 12.9. The molecule has 2 nitrogen and oxygen atoms in total. The number of benzene rings is 1. The van der Waals surface area contributed by atoms with E-state index in [1.807, 2.05) is 41.8 Å². The molecule has 0 saturated heterocycles. The summed E-state index contributed by atoms with van der Waals surface area (Å²) in [5, 5.41) is 4.91. The first-order valence-electron chi connectivity index (χ1n) is 4.79. The Morgan fingerprint density at radius 3 is 2.80 bits per heavy atom. The van der Waals surface area contributed by atoms with Gasteiger partial charge in [-0.15, -0.1) is 11.3 Å². The highest BCUT2D eigenvalue weighted by Gasteiger charge is 2.31. The quantitative estimate of drug-likeness (QED) is 0.778. The monoisotopic (exact) mass is 215 g/mol. The summed E-state index contributed by atoms with van der Waals surface area (Å²) in [6, 6.07) is 11.9. The van der Waals surface area contributed by atoms with Crippen LogP contribution in [0, 0.1) is 0 Å². The van der Waals surface area contributed by atoms with Gasteiger partial charge in [-0.05, 0) is 23.1 Å². The second kappa shape index (κ2) is 3.21. The SMILES string of the molecule is O=C1Nc2ccccc2[C@H]1c1cccs1. The van der Waals surface area contributed by atoms with E-state index >= 15 is 0 Å². The molecule has 1 N–H and O–H groups in total. The summed E-state index contributed by atoms with van der Waals surface area (Å²) < 4.78 is 0. The lowest BCUT2D eigenvalue weighted by Crippen LogP contribution is -2.11. The van der Waals surface area contributed by atoms with Gasteiger partial charge in [0.25, 0.3) is 0 Å². The van der Waals surface area contributed by atoms with Crippen LogP contribution in [0.2, 0.25) is 0 Å². The molecule has 0 unspecified atom stereocenters. The maximum absolute atomic E-state index is 11.8. The third-order valence-electron chi connectivity index (χ3n) is 2.62. The molecule has 1 aliphatic rings. The van der Waals surface area contributed by atoms with Crippen LogP contribution in [0.1, 0.15) is 16.4 Å². The van der Waals surface area contributed by atoms with Crippen molar-refractivity contribution in [2.24, 2.45) is 0 Å². The Hall–Kier alpha value is -1.61. The van der Waals surface area contributed by atoms with E-state index in [0.717, 1.165) is 16.1 Å². The highest BCUT2D eigenvalue weighted by atomic mass is 32.1. The summed E-state index contributed by atoms with van der Waals surface area (Å²) in [6.07, 6.45) is 0. The van der Waals surface area contributed by atoms with Gasteiger partial charge in [0.1, 0.15) is 0 Å². The average molecular weight is 215 g/mol. The number of hydrogen-bond donors (Lipinski definition) is 1. The third-order valence-corrected chi connectivity index (χ3v) is 3.56. The van der Waals surface area contributed by atoms with Gasteiger partial charge in [0, 0.05) is 10.6 Å². The van der Waals surface area contributed by atoms with Gasteiger partial charge in [0.2, 0.25) is 5.91 Å². The van der Waals surface area contributed by atoms with Crippen LogP contribution in [0.15, 0.2) is 41.8 Å². The molecule has 0 bridgehead atoms. The van der Waals surface area contributed by atoms with E-state index in [4.69, 9.17) is 0 Å². The van der Waals surface area contributed by atoms with Crippen LogP contribution in [-0.4, -0.2) is 5.91 Å². The van der Waals surface area contributed by atoms with Crippen molar-refractivity contribution in [2.75, 3.05) is 5.32 Å². The Morgan fingerprint density at radius 1 is 1.13 bits per heavy atom. The molecule has 1 amide bonds. The minimum absolute atomic E-state index is 0.0821. The van der Waals surface area contributed by atoms with Gasteiger partial charge >= 0.3 is 0 Å². The summed E-state index contributed by atoms with van der Waals surface area (Å²) in [5.41, 5.74) is 2.03. The molecule has 0 spiro atoms. The Kier molecular flexibility index (Phi) is 1.86. The summed E-state index contributed by atoms with van der Waals surface area (Å²) in [7, 11) is 0. The molecule has 0 saturated carbocycles. The minimum Gasteiger partial charge on any atom is -0.325 e. The molecule has 15 heavy (non-hydrogen) atoms. The molecule has 1 aromatic carbocycles. The molecule has 0 aliphatic carbocycles. The van der Waals surface area contributed by atoms with Crippen LogP contribution >= 0.6 is 11.3 Å². The molecule has 0 fully saturated rings. The first-order valence-corrected chi connectivity index (χ1v) is 5.67. The Bertz CT molecular complexity index is 504. The van der Waals surface area contributed by atoms with Gasteiger partial charge in [-0.3, -0.25) is 4.79 Å². The Morgan fingerprint density at radius 2 is 2.00 bits per heavy atom. The molecule has 1 aromatic heterocycles. The number of nitrogens with one attached hydrogen (secondary N) is 1. The fourth-order valence-electron chi connectivity index (χ4n) is 1.95. The smallest absolute Gasteiger partial charge is 0.237 e. The molecule has 0 radical (unpaired) electrons. The number of para-hydroxylation sites is 1. The largest absolute Gasteiger partial charge is 0.325 e. The number of rotatable bonds is 1. The predicted octanol–water partition coefficient (Wildman–Crippen LogP) is 2.83. The third kappa shape index (κ3) is 1.27. The van der Waals surface area contributed by atoms with E-state index in [-0.39, 0.29) is 11.8 Å². The van der Waals surface area contributed by atoms with Gasteiger partial charge < -0.3 is 5.32 Å². The number of fused-ring (bicyclic) bond motifs is 1. The maximum atomic E-state index is 11.8. The summed E-state index contributed by atoms with van der Waals surface area (Å²) >= 11 is 1.63. The molecule has 1 aliphatic heterocycles. The van der Waals surface area contributed by atoms with E-state index in [0.29, 0.717) is 0 Å². The van der Waals surface area contributed by atoms with Crippen molar-refractivity contribution in [3.8, 4) is 0 Å². The second-order valence-corrected chi connectivity index (χ2v) is 4.50. The van der Waals surface area contributed by atoms with E-state index in [2.05, 4.69) is 5.32 Å². The van der Waals surface area contributed by atoms with Crippen molar-refractivity contribution < 1.29 is 4.79 Å². The van der Waals surface area contributed by atoms with Gasteiger partial charge in [-0.25, -0.2) is 0 Å². The highest BCUT2D eigenvalue weighted by Crippen LogP contribution is 2.38. The molecule has 3 rings (SSSR count). The number of anilines is 1. The minimum atomic E-state index is -0.110. The van der Waals surface area contributed by atoms with E-state index in [9.17, 15) is 4.79 Å². The molecule has 2 aromatic rings. The van der Waals surface area contributed by atoms with Crippen LogP contribution in [-0.2, 0) is 4.79 Å². The lowest BCUT2D eigenvalue weighted by Gasteiger charge is -2.04. The zero-order valence-electron chi connectivity index (χ0n) is 7.94. The number of carbonyl (C=O) groups excluding carboxylic acids is 1. The topological polar surface area (TPSA) is 29.1 Å². The van der Waals surface area contributed by atoms with Crippen LogP contribution in [0.4, 0.5) is 5.69 Å². The van der Waals surface area contributed by atoms with Crippen LogP contribution in [0.25, 0.3) is 0 Å². The summed E-state index contributed by atoms with van der Waals surface area (Å²) in [5.74, 6) is -0.0279. The van der Waals surface area contributed by atoms with Crippen molar-refractivity contribution >= 4 is 22.9 Å². The predicted molar refractivity (Wildman–Crippen MR) is 61.2 cm³/mol. The zero-order chi connectivity index (χ0) is 10.3. The fraction of sp³-hybridized carbons (Fsp3) is 0.0833. The average Bonchev–Trinajstić information content (AvgIpc) is 2.82. The van der Waals surface area contributed by atoms with Crippen molar-refractivity contribution in [3.05, 3.63) is 52.2 Å². The molecular weight excluding hydrogens is 206 g/mol. The molecule has 3 heteroatoms. The highest BCUT2D eigenvalue weighted by molar-refractivity contribution is 7.10. The first-order chi connectivity index (χ1) is 7.36. The van der Waals surface area contributed by atoms with Crippen molar-refractivity contribution in [2.45, 2.75) is 5.92 Å². The second-order valence-electron chi connectivity index (χ2n) is 3.52. The lowest BCUT2D eigenvalue weighted by molar-refractivity contribution is -0.116. The normalized spacial score (nSPS) is 18.7. The van der Waals surface area contributed by atoms with E-state index < -0.39 is 0 Å². The zero-order valence-corrected chi connectivity index (χ0v) is 8.75. The van der Waals surface area contributed by atoms with Gasteiger partial charge in [-0.2, -0.15) is 0 Å². The number of hydrogen-bond acceptors (Lipinski definition) is 2. The molecule has 2 heterocycles. The number of thiophene rings is 1. The number of carbonyl (C=O) groups is 1. The fourth-order valence-corrected chi connectivity index (χ4v) is 2.79. The van der Waals surface area contributed by atoms with Crippen LogP contribution < -0.4 is 5.32 Å². The lowest BCUT2D eigenvalue weighted by atomic mass is 9.99. The van der Waals surface area contributed by atoms with Crippen LogP contribution in [0.3, 0.4) is 0 Å². The standard InChI is InChI=1S/C12H9NOS/c14-12-11(10-6-3-7-15-10)8-4-1-2-5-9(8)13-12/h1-7,11H,(H,13,14)/t11-/m0/s1. The van der Waals surface area contributed by atoms with Gasteiger partial charge in [0.05, 0.1) is 5.92 Å². The first kappa shape index (κ1) is 8.68. The Balaban J connectivity index is 2.14. The van der Waals surface area contributed by atoms with E-state index in [1.165, 1.54) is 0 Å². The summed E-state index contributed by atoms with van der Waals surface area (Å²) in [6.45, 7) is 0. The van der Waals surface area contributed by atoms with Crippen LogP contribution in [0.5, 0.6) is 0 Å². The number of amides is 1. The Labute approximate surface area is 91.6 Å². The maximum Gasteiger partial charge on any atom is 0.237 e. The van der Waals surface area contributed by atoms with Crippen molar-refractivity contribution in [1.82, 2.24) is 0 Å². The van der Waals surface area contributed by atoms with Gasteiger partial charge in [-0.1, -0.05) is 24.3 Å². The van der Waals surface area contributed by atoms with Crippen molar-refractivity contribution in [3.63, 3.8) is 0 Å². The molecule has 1 atom stereocenters. The molecular formula is C12H9NOS. The van der Waals surface area contributed by atoms with E-state index in [1.54, 1.807) is 11.3 Å². The molecule has 74 valence electrons. The van der Waals surface area contributed by atoms with Crippen molar-refractivity contribution in [1.29, 1.82) is 0 Å².